The lowest BCUT2D eigenvalue weighted by atomic mass is 9.86. The molecule has 0 aliphatic rings. The van der Waals surface area contributed by atoms with Gasteiger partial charge in [-0.1, -0.05) is 68.8 Å². The Morgan fingerprint density at radius 1 is 0.697 bits per heavy atom. The predicted octanol–water partition coefficient (Wildman–Crippen LogP) is 8.45. The highest BCUT2D eigenvalue weighted by Crippen LogP contribution is 2.43. The van der Waals surface area contributed by atoms with Gasteiger partial charge in [0.05, 0.1) is 22.1 Å². The van der Waals surface area contributed by atoms with Crippen molar-refractivity contribution in [2.24, 2.45) is 0 Å². The maximum Gasteiger partial charge on any atom is 0.0823 e. The van der Waals surface area contributed by atoms with Crippen LogP contribution in [0.4, 0.5) is 0 Å². The molecule has 7 aromatic rings. The van der Waals surface area contributed by atoms with Crippen LogP contribution in [-0.4, -0.2) is 9.38 Å². The van der Waals surface area contributed by atoms with Gasteiger partial charge in [0.2, 0.25) is 0 Å². The van der Waals surface area contributed by atoms with E-state index in [4.69, 9.17) is 4.98 Å². The third kappa shape index (κ3) is 2.36. The van der Waals surface area contributed by atoms with Crippen LogP contribution < -0.4 is 0 Å². The minimum absolute atomic E-state index is 0.0904. The van der Waals surface area contributed by atoms with Crippen molar-refractivity contribution in [1.29, 1.82) is 0 Å². The molecule has 0 saturated carbocycles. The monoisotopic (exact) mass is 426 g/mol. The topological polar surface area (TPSA) is 17.3 Å². The van der Waals surface area contributed by atoms with E-state index in [0.717, 1.165) is 5.52 Å². The van der Waals surface area contributed by atoms with Gasteiger partial charge in [-0.05, 0) is 64.7 Å². The molecule has 0 aliphatic carbocycles. The molecule has 2 nitrogen and oxygen atoms in total. The van der Waals surface area contributed by atoms with Crippen LogP contribution in [0.3, 0.4) is 0 Å². The van der Waals surface area contributed by atoms with Crippen molar-refractivity contribution < 1.29 is 0 Å². The second-order valence-electron chi connectivity index (χ2n) is 10.7. The molecular weight excluding hydrogens is 400 g/mol. The Kier molecular flexibility index (Phi) is 3.44. The zero-order valence-electron chi connectivity index (χ0n) is 19.7. The number of aromatic nitrogens is 2. The van der Waals surface area contributed by atoms with E-state index >= 15 is 0 Å². The maximum absolute atomic E-state index is 4.95. The minimum atomic E-state index is 0.0904. The van der Waals surface area contributed by atoms with Crippen LogP contribution in [0.2, 0.25) is 0 Å². The number of hydrogen-bond donors (Lipinski definition) is 0. The summed E-state index contributed by atoms with van der Waals surface area (Å²) in [4.78, 5) is 4.95. The molecule has 0 unspecified atom stereocenters. The van der Waals surface area contributed by atoms with E-state index in [9.17, 15) is 0 Å². The van der Waals surface area contributed by atoms with Crippen molar-refractivity contribution in [3.8, 4) is 0 Å². The quantitative estimate of drug-likeness (QED) is 0.176. The summed E-state index contributed by atoms with van der Waals surface area (Å²) in [5.74, 6) is 0. The lowest BCUT2D eigenvalue weighted by Gasteiger charge is -2.19. The molecule has 4 aromatic carbocycles. The molecule has 0 fully saturated rings. The fraction of sp³-hybridized carbons (Fsp3) is 0.194. The van der Waals surface area contributed by atoms with Gasteiger partial charge in [0.25, 0.3) is 0 Å². The molecule has 0 saturated heterocycles. The van der Waals surface area contributed by atoms with E-state index in [1.807, 2.05) is 6.20 Å². The third-order valence-electron chi connectivity index (χ3n) is 7.52. The first-order chi connectivity index (χ1) is 15.8. The number of nitrogens with zero attached hydrogens (tertiary/aromatic N) is 2. The molecule has 0 radical (unpaired) electrons. The summed E-state index contributed by atoms with van der Waals surface area (Å²) >= 11 is 0. The zero-order valence-corrected chi connectivity index (χ0v) is 19.7. The SMILES string of the molecule is Cc1ccc2c(C)c3c(cc2c1)c1nccc2ccc4c5ccc(C(C)(C)C)cc5n3c4c21. The molecule has 0 spiro atoms. The standard InChI is InChI=1S/C31H26N2/c1-17-6-9-22-18(2)29-25(15-20(22)14-17)28-27-19(12-13-32-28)7-10-24-23-11-8-21(31(3,4)5)16-26(23)33(29)30(24)27/h6-16H,1-5H3. The van der Waals surface area contributed by atoms with Crippen molar-refractivity contribution in [1.82, 2.24) is 9.38 Å². The Bertz CT molecular complexity index is 1910. The summed E-state index contributed by atoms with van der Waals surface area (Å²) in [5.41, 5.74) is 9.00. The van der Waals surface area contributed by atoms with Crippen LogP contribution in [0.5, 0.6) is 0 Å². The average Bonchev–Trinajstić information content (AvgIpc) is 3.12. The van der Waals surface area contributed by atoms with Gasteiger partial charge in [0.1, 0.15) is 0 Å². The Morgan fingerprint density at radius 3 is 2.30 bits per heavy atom. The summed E-state index contributed by atoms with van der Waals surface area (Å²) in [5, 5.41) is 8.96. The molecule has 33 heavy (non-hydrogen) atoms. The van der Waals surface area contributed by atoms with Crippen molar-refractivity contribution in [3.63, 3.8) is 0 Å². The Morgan fingerprint density at radius 2 is 1.48 bits per heavy atom. The van der Waals surface area contributed by atoms with E-state index in [1.165, 1.54) is 70.9 Å². The van der Waals surface area contributed by atoms with Crippen molar-refractivity contribution in [2.45, 2.75) is 40.0 Å². The molecule has 2 heteroatoms. The van der Waals surface area contributed by atoms with Gasteiger partial charge in [0, 0.05) is 27.7 Å². The third-order valence-corrected chi connectivity index (χ3v) is 7.52. The highest BCUT2D eigenvalue weighted by Gasteiger charge is 2.22. The predicted molar refractivity (Wildman–Crippen MR) is 142 cm³/mol. The van der Waals surface area contributed by atoms with E-state index in [-0.39, 0.29) is 5.41 Å². The lowest BCUT2D eigenvalue weighted by Crippen LogP contribution is -2.10. The van der Waals surface area contributed by atoms with Gasteiger partial charge < -0.3 is 4.40 Å². The molecule has 0 atom stereocenters. The van der Waals surface area contributed by atoms with Crippen LogP contribution in [0.1, 0.15) is 37.5 Å². The van der Waals surface area contributed by atoms with Crippen LogP contribution in [0.15, 0.2) is 66.9 Å². The van der Waals surface area contributed by atoms with Gasteiger partial charge in [-0.3, -0.25) is 4.98 Å². The number of aryl methyl sites for hydroxylation is 2. The highest BCUT2D eigenvalue weighted by molar-refractivity contribution is 6.28. The largest absolute Gasteiger partial charge is 0.308 e. The minimum Gasteiger partial charge on any atom is -0.308 e. The number of benzene rings is 4. The van der Waals surface area contributed by atoms with Gasteiger partial charge >= 0.3 is 0 Å². The fourth-order valence-electron chi connectivity index (χ4n) is 5.83. The second kappa shape index (κ2) is 6.02. The Balaban J connectivity index is 1.87. The van der Waals surface area contributed by atoms with Crippen molar-refractivity contribution >= 4 is 59.8 Å². The van der Waals surface area contributed by atoms with Gasteiger partial charge in [-0.2, -0.15) is 0 Å². The summed E-state index contributed by atoms with van der Waals surface area (Å²) in [6.07, 6.45) is 1.96. The fourth-order valence-corrected chi connectivity index (χ4v) is 5.83. The summed E-state index contributed by atoms with van der Waals surface area (Å²) < 4.78 is 2.53. The Labute approximate surface area is 192 Å². The first-order valence-electron chi connectivity index (χ1n) is 11.7. The lowest BCUT2D eigenvalue weighted by molar-refractivity contribution is 0.591. The highest BCUT2D eigenvalue weighted by atomic mass is 14.9. The maximum atomic E-state index is 4.95. The molecule has 0 aliphatic heterocycles. The molecular formula is C31H26N2. The van der Waals surface area contributed by atoms with E-state index in [1.54, 1.807) is 0 Å². The number of rotatable bonds is 0. The van der Waals surface area contributed by atoms with Crippen LogP contribution >= 0.6 is 0 Å². The number of fused-ring (bicyclic) bond motifs is 7. The molecule has 0 N–H and O–H groups in total. The average molecular weight is 427 g/mol. The first kappa shape index (κ1) is 18.9. The summed E-state index contributed by atoms with van der Waals surface area (Å²) in [6.45, 7) is 11.3. The van der Waals surface area contributed by atoms with E-state index < -0.39 is 0 Å². The van der Waals surface area contributed by atoms with Crippen molar-refractivity contribution in [2.75, 3.05) is 0 Å². The smallest absolute Gasteiger partial charge is 0.0823 e. The first-order valence-corrected chi connectivity index (χ1v) is 11.7. The molecule has 0 bridgehead atoms. The van der Waals surface area contributed by atoms with Gasteiger partial charge in [-0.15, -0.1) is 0 Å². The van der Waals surface area contributed by atoms with Crippen LogP contribution in [-0.2, 0) is 5.41 Å². The zero-order chi connectivity index (χ0) is 22.6. The molecule has 3 aromatic heterocycles. The van der Waals surface area contributed by atoms with Crippen LogP contribution in [0.25, 0.3) is 59.8 Å². The normalized spacial score (nSPS) is 13.0. The number of hydrogen-bond acceptors (Lipinski definition) is 1. The van der Waals surface area contributed by atoms with Gasteiger partial charge in [0.15, 0.2) is 0 Å². The molecule has 7 rings (SSSR count). The summed E-state index contributed by atoms with van der Waals surface area (Å²) in [6, 6.07) is 22.9. The Hall–Kier alpha value is -3.65. The molecule has 160 valence electrons. The number of pyridine rings is 2. The molecule has 3 heterocycles. The molecule has 0 amide bonds. The van der Waals surface area contributed by atoms with E-state index in [2.05, 4.69) is 99.7 Å². The summed E-state index contributed by atoms with van der Waals surface area (Å²) in [7, 11) is 0. The van der Waals surface area contributed by atoms with Gasteiger partial charge in [-0.25, -0.2) is 0 Å². The van der Waals surface area contributed by atoms with Crippen molar-refractivity contribution in [3.05, 3.63) is 83.6 Å². The second-order valence-corrected chi connectivity index (χ2v) is 10.7. The van der Waals surface area contributed by atoms with Crippen LogP contribution in [0, 0.1) is 13.8 Å². The van der Waals surface area contributed by atoms with E-state index in [0.29, 0.717) is 0 Å².